The Morgan fingerprint density at radius 1 is 1.71 bits per heavy atom. The molecule has 0 unspecified atom stereocenters. The zero-order valence-corrected chi connectivity index (χ0v) is 9.98. The number of nitrogens with zero attached hydrogens (tertiary/aromatic N) is 2. The van der Waals surface area contributed by atoms with Crippen LogP contribution in [0, 0.1) is 0 Å². The minimum absolute atomic E-state index is 0.231. The number of rotatable bonds is 6. The number of nitrogen functional groups attached to an aromatic ring is 1. The fraction of sp³-hybridized carbons (Fsp3) is 0.636. The van der Waals surface area contributed by atoms with Crippen LogP contribution in [0.3, 0.4) is 0 Å². The lowest BCUT2D eigenvalue weighted by Gasteiger charge is -2.18. The van der Waals surface area contributed by atoms with E-state index in [9.17, 15) is 4.79 Å². The van der Waals surface area contributed by atoms with E-state index < -0.39 is 5.91 Å². The van der Waals surface area contributed by atoms with Crippen molar-refractivity contribution in [2.24, 2.45) is 5.84 Å². The van der Waals surface area contributed by atoms with E-state index in [1.807, 2.05) is 5.43 Å². The lowest BCUT2D eigenvalue weighted by molar-refractivity contribution is 0.0944. The molecule has 1 heterocycles. The van der Waals surface area contributed by atoms with E-state index in [2.05, 4.69) is 17.0 Å². The van der Waals surface area contributed by atoms with Gasteiger partial charge in [0.05, 0.1) is 6.54 Å². The molecule has 0 aliphatic heterocycles. The van der Waals surface area contributed by atoms with Crippen molar-refractivity contribution in [2.45, 2.75) is 38.8 Å². The van der Waals surface area contributed by atoms with Crippen LogP contribution in [0.5, 0.6) is 0 Å². The molecule has 1 aromatic heterocycles. The third kappa shape index (κ3) is 3.04. The maximum atomic E-state index is 11.2. The van der Waals surface area contributed by atoms with E-state index in [4.69, 9.17) is 10.4 Å². The second kappa shape index (κ2) is 5.29. The van der Waals surface area contributed by atoms with E-state index in [-0.39, 0.29) is 5.69 Å². The number of hydrazine groups is 1. The standard InChI is InChI=1S/C11H18N4O2/c1-2-5-15(8-3-4-8)7-9-6-10(14-17-9)11(16)13-12/h6,8H,2-5,7,12H2,1H3,(H,13,16). The highest BCUT2D eigenvalue weighted by atomic mass is 16.5. The zero-order chi connectivity index (χ0) is 12.3. The Labute approximate surface area is 100 Å². The Morgan fingerprint density at radius 2 is 2.47 bits per heavy atom. The maximum Gasteiger partial charge on any atom is 0.287 e. The normalized spacial score (nSPS) is 15.2. The van der Waals surface area contributed by atoms with Crippen LogP contribution in [0.25, 0.3) is 0 Å². The molecule has 1 saturated carbocycles. The van der Waals surface area contributed by atoms with Gasteiger partial charge < -0.3 is 4.52 Å². The van der Waals surface area contributed by atoms with Crippen LogP contribution in [-0.4, -0.2) is 28.6 Å². The second-order valence-electron chi connectivity index (χ2n) is 4.35. The van der Waals surface area contributed by atoms with Crippen LogP contribution in [-0.2, 0) is 6.54 Å². The van der Waals surface area contributed by atoms with Gasteiger partial charge in [-0.15, -0.1) is 0 Å². The monoisotopic (exact) mass is 238 g/mol. The molecule has 1 aliphatic rings. The number of aromatic nitrogens is 1. The molecule has 2 rings (SSSR count). The lowest BCUT2D eigenvalue weighted by atomic mass is 10.3. The molecule has 6 heteroatoms. The molecule has 0 bridgehead atoms. The summed E-state index contributed by atoms with van der Waals surface area (Å²) in [5.74, 6) is 5.32. The molecule has 0 spiro atoms. The summed E-state index contributed by atoms with van der Waals surface area (Å²) in [6, 6.07) is 2.32. The molecule has 3 N–H and O–H groups in total. The number of hydrogen-bond donors (Lipinski definition) is 2. The molecule has 0 saturated heterocycles. The first-order valence-electron chi connectivity index (χ1n) is 5.95. The van der Waals surface area contributed by atoms with Crippen LogP contribution in [0.4, 0.5) is 0 Å². The smallest absolute Gasteiger partial charge is 0.287 e. The van der Waals surface area contributed by atoms with Crippen LogP contribution in [0.2, 0.25) is 0 Å². The van der Waals surface area contributed by atoms with Crippen molar-refractivity contribution < 1.29 is 9.32 Å². The highest BCUT2D eigenvalue weighted by molar-refractivity contribution is 5.91. The fourth-order valence-electron chi connectivity index (χ4n) is 1.89. The highest BCUT2D eigenvalue weighted by Crippen LogP contribution is 2.28. The predicted octanol–water partition coefficient (Wildman–Crippen LogP) is 0.652. The Bertz CT molecular complexity index is 387. The van der Waals surface area contributed by atoms with E-state index in [1.165, 1.54) is 12.8 Å². The van der Waals surface area contributed by atoms with Crippen LogP contribution >= 0.6 is 0 Å². The van der Waals surface area contributed by atoms with E-state index in [1.54, 1.807) is 6.07 Å². The molecular formula is C11H18N4O2. The van der Waals surface area contributed by atoms with Gasteiger partial charge in [0.15, 0.2) is 11.5 Å². The van der Waals surface area contributed by atoms with Gasteiger partial charge in [-0.25, -0.2) is 5.84 Å². The number of amides is 1. The average Bonchev–Trinajstić information content (AvgIpc) is 3.08. The highest BCUT2D eigenvalue weighted by Gasteiger charge is 2.29. The van der Waals surface area contributed by atoms with Crippen molar-refractivity contribution in [3.63, 3.8) is 0 Å². The summed E-state index contributed by atoms with van der Waals surface area (Å²) < 4.78 is 5.13. The number of nitrogens with two attached hydrogens (primary N) is 1. The van der Waals surface area contributed by atoms with Gasteiger partial charge in [-0.1, -0.05) is 12.1 Å². The van der Waals surface area contributed by atoms with Crippen molar-refractivity contribution >= 4 is 5.91 Å². The molecule has 1 amide bonds. The van der Waals surface area contributed by atoms with Gasteiger partial charge >= 0.3 is 0 Å². The minimum atomic E-state index is -0.423. The molecule has 1 aromatic rings. The lowest BCUT2D eigenvalue weighted by Crippen LogP contribution is -2.30. The summed E-state index contributed by atoms with van der Waals surface area (Å²) in [7, 11) is 0. The summed E-state index contributed by atoms with van der Waals surface area (Å²) in [6.45, 7) is 3.91. The summed E-state index contributed by atoms with van der Waals surface area (Å²) in [5.41, 5.74) is 2.26. The summed E-state index contributed by atoms with van der Waals surface area (Å²) in [6.07, 6.45) is 3.62. The third-order valence-corrected chi connectivity index (χ3v) is 2.86. The Kier molecular flexibility index (Phi) is 3.75. The molecule has 1 aliphatic carbocycles. The van der Waals surface area contributed by atoms with Gasteiger partial charge in [0, 0.05) is 12.1 Å². The van der Waals surface area contributed by atoms with Crippen molar-refractivity contribution in [3.05, 3.63) is 17.5 Å². The van der Waals surface area contributed by atoms with Gasteiger partial charge in [-0.05, 0) is 25.8 Å². The Morgan fingerprint density at radius 3 is 3.06 bits per heavy atom. The van der Waals surface area contributed by atoms with Crippen LogP contribution in [0.15, 0.2) is 10.6 Å². The van der Waals surface area contributed by atoms with Gasteiger partial charge in [0.2, 0.25) is 0 Å². The number of nitrogens with one attached hydrogen (secondary N) is 1. The van der Waals surface area contributed by atoms with E-state index in [0.717, 1.165) is 13.0 Å². The Hall–Kier alpha value is -1.40. The van der Waals surface area contributed by atoms with E-state index >= 15 is 0 Å². The summed E-state index contributed by atoms with van der Waals surface area (Å²) in [4.78, 5) is 13.6. The Balaban J connectivity index is 1.97. The first kappa shape index (κ1) is 12.1. The van der Waals surface area contributed by atoms with Crippen molar-refractivity contribution in [2.75, 3.05) is 6.54 Å². The average molecular weight is 238 g/mol. The molecular weight excluding hydrogens is 220 g/mol. The maximum absolute atomic E-state index is 11.2. The van der Waals surface area contributed by atoms with Crippen molar-refractivity contribution in [1.29, 1.82) is 0 Å². The minimum Gasteiger partial charge on any atom is -0.359 e. The third-order valence-electron chi connectivity index (χ3n) is 2.86. The fourth-order valence-corrected chi connectivity index (χ4v) is 1.89. The topological polar surface area (TPSA) is 84.4 Å². The predicted molar refractivity (Wildman–Crippen MR) is 61.9 cm³/mol. The van der Waals surface area contributed by atoms with Gasteiger partial charge in [0.25, 0.3) is 5.91 Å². The SMILES string of the molecule is CCCN(Cc1cc(C(=O)NN)no1)C1CC1. The molecule has 0 radical (unpaired) electrons. The summed E-state index contributed by atoms with van der Waals surface area (Å²) in [5, 5.41) is 3.69. The van der Waals surface area contributed by atoms with Crippen LogP contribution < -0.4 is 11.3 Å². The number of carbonyl (C=O) groups is 1. The summed E-state index contributed by atoms with van der Waals surface area (Å²) >= 11 is 0. The van der Waals surface area contributed by atoms with Crippen molar-refractivity contribution in [1.82, 2.24) is 15.5 Å². The van der Waals surface area contributed by atoms with Gasteiger partial charge in [-0.2, -0.15) is 0 Å². The first-order valence-corrected chi connectivity index (χ1v) is 5.95. The van der Waals surface area contributed by atoms with Gasteiger partial charge in [0.1, 0.15) is 0 Å². The number of hydrogen-bond acceptors (Lipinski definition) is 5. The molecule has 17 heavy (non-hydrogen) atoms. The molecule has 0 aromatic carbocycles. The van der Waals surface area contributed by atoms with Gasteiger partial charge in [-0.3, -0.25) is 15.1 Å². The molecule has 1 fully saturated rings. The molecule has 94 valence electrons. The van der Waals surface area contributed by atoms with Crippen LogP contribution in [0.1, 0.15) is 42.4 Å². The zero-order valence-electron chi connectivity index (χ0n) is 9.98. The largest absolute Gasteiger partial charge is 0.359 e. The molecule has 6 nitrogen and oxygen atoms in total. The second-order valence-corrected chi connectivity index (χ2v) is 4.35. The molecule has 0 atom stereocenters. The van der Waals surface area contributed by atoms with E-state index in [0.29, 0.717) is 18.3 Å². The van der Waals surface area contributed by atoms with Crippen molar-refractivity contribution in [3.8, 4) is 0 Å². The first-order chi connectivity index (χ1) is 8.24. The number of carbonyl (C=O) groups excluding carboxylic acids is 1. The quantitative estimate of drug-likeness (QED) is 0.432.